The Morgan fingerprint density at radius 1 is 1.53 bits per heavy atom. The van der Waals surface area contributed by atoms with Crippen molar-refractivity contribution in [2.45, 2.75) is 6.92 Å². The molecule has 1 amide bonds. The molecule has 3 N–H and O–H groups in total. The summed E-state index contributed by atoms with van der Waals surface area (Å²) in [5, 5.41) is 7.02. The summed E-state index contributed by atoms with van der Waals surface area (Å²) < 4.78 is 3.69. The average Bonchev–Trinajstić information content (AvgIpc) is 2.90. The van der Waals surface area contributed by atoms with Gasteiger partial charge in [0.1, 0.15) is 5.00 Å². The topological polar surface area (TPSA) is 80.9 Å². The molecule has 6 heteroatoms. The first-order chi connectivity index (χ1) is 9.22. The molecule has 0 bridgehead atoms. The Bertz CT molecular complexity index is 640. The number of hydrogen-bond acceptors (Lipinski definition) is 5. The van der Waals surface area contributed by atoms with Gasteiger partial charge in [0.05, 0.1) is 12.7 Å². The van der Waals surface area contributed by atoms with E-state index >= 15 is 0 Å². The van der Waals surface area contributed by atoms with Crippen molar-refractivity contribution in [2.75, 3.05) is 11.9 Å². The maximum atomic E-state index is 12.1. The van der Waals surface area contributed by atoms with Gasteiger partial charge in [0, 0.05) is 22.7 Å². The van der Waals surface area contributed by atoms with Crippen molar-refractivity contribution >= 4 is 22.4 Å². The Balaban J connectivity index is 2.27. The number of nitrogens with one attached hydrogen (secondary N) is 1. The minimum atomic E-state index is -0.194. The van der Waals surface area contributed by atoms with Gasteiger partial charge in [0.2, 0.25) is 0 Å². The monoisotopic (exact) mass is 272 g/mol. The summed E-state index contributed by atoms with van der Waals surface area (Å²) >= 11 is 1.13. The second-order valence-corrected chi connectivity index (χ2v) is 4.51. The number of nitrogens with two attached hydrogens (primary N) is 1. The average molecular weight is 272 g/mol. The Morgan fingerprint density at radius 2 is 2.37 bits per heavy atom. The van der Waals surface area contributed by atoms with Gasteiger partial charge in [0.15, 0.2) is 0 Å². The number of rotatable bonds is 2. The number of amides is 1. The van der Waals surface area contributed by atoms with Crippen LogP contribution in [-0.4, -0.2) is 22.0 Å². The lowest BCUT2D eigenvalue weighted by atomic mass is 10.0. The van der Waals surface area contributed by atoms with Crippen LogP contribution >= 0.6 is 11.5 Å². The number of carbonyl (C=O) groups excluding carboxylic acids is 1. The molecule has 2 rings (SSSR count). The predicted octanol–water partition coefficient (Wildman–Crippen LogP) is 1.41. The molecular formula is C13H12N4OS. The number of benzene rings is 1. The zero-order valence-electron chi connectivity index (χ0n) is 10.3. The van der Waals surface area contributed by atoms with Gasteiger partial charge in [-0.25, -0.2) is 0 Å². The minimum absolute atomic E-state index is 0.194. The van der Waals surface area contributed by atoms with Crippen LogP contribution in [0, 0.1) is 18.8 Å². The Morgan fingerprint density at radius 3 is 3.05 bits per heavy atom. The lowest BCUT2D eigenvalue weighted by Gasteiger charge is -2.07. The van der Waals surface area contributed by atoms with Crippen LogP contribution in [0.3, 0.4) is 0 Å². The molecule has 0 spiro atoms. The highest BCUT2D eigenvalue weighted by Gasteiger charge is 2.11. The molecule has 19 heavy (non-hydrogen) atoms. The second-order valence-electron chi connectivity index (χ2n) is 3.72. The zero-order valence-corrected chi connectivity index (χ0v) is 11.1. The lowest BCUT2D eigenvalue weighted by molar-refractivity contribution is 0.102. The molecule has 0 fully saturated rings. The van der Waals surface area contributed by atoms with Crippen LogP contribution in [0.5, 0.6) is 0 Å². The molecule has 1 heterocycles. The quantitative estimate of drug-likeness (QED) is 0.810. The number of nitrogens with zero attached hydrogens (tertiary/aromatic N) is 2. The third-order valence-corrected chi connectivity index (χ3v) is 3.08. The first-order valence-corrected chi connectivity index (χ1v) is 6.37. The van der Waals surface area contributed by atoms with Crippen LogP contribution in [0.25, 0.3) is 0 Å². The van der Waals surface area contributed by atoms with Crippen molar-refractivity contribution in [1.29, 1.82) is 0 Å². The number of hydrogen-bond donors (Lipinski definition) is 2. The van der Waals surface area contributed by atoms with E-state index in [0.717, 1.165) is 22.7 Å². The van der Waals surface area contributed by atoms with E-state index in [2.05, 4.69) is 26.7 Å². The maximum Gasteiger partial charge on any atom is 0.256 e. The van der Waals surface area contributed by atoms with Gasteiger partial charge in [-0.2, -0.15) is 0 Å². The third-order valence-electron chi connectivity index (χ3n) is 2.50. The standard InChI is InChI=1S/C13H12N4OS/c1-9-10(5-3-7-14)4-2-6-11(9)13(18)16-12-8-15-17-19-12/h2,4,6,8H,7,14H2,1H3,(H,16,18). The van der Waals surface area contributed by atoms with Crippen molar-refractivity contribution < 1.29 is 4.79 Å². The molecule has 5 nitrogen and oxygen atoms in total. The molecule has 96 valence electrons. The van der Waals surface area contributed by atoms with E-state index < -0.39 is 0 Å². The van der Waals surface area contributed by atoms with Crippen molar-refractivity contribution in [3.63, 3.8) is 0 Å². The van der Waals surface area contributed by atoms with E-state index in [1.807, 2.05) is 13.0 Å². The SMILES string of the molecule is Cc1c(C#CCN)cccc1C(=O)Nc1cnns1. The van der Waals surface area contributed by atoms with Crippen LogP contribution in [0.2, 0.25) is 0 Å². The molecule has 0 aliphatic heterocycles. The highest BCUT2D eigenvalue weighted by Crippen LogP contribution is 2.16. The van der Waals surface area contributed by atoms with E-state index in [4.69, 9.17) is 5.73 Å². The molecule has 0 atom stereocenters. The van der Waals surface area contributed by atoms with E-state index in [1.165, 1.54) is 6.20 Å². The number of anilines is 1. The Hall–Kier alpha value is -2.23. The van der Waals surface area contributed by atoms with Crippen molar-refractivity contribution in [1.82, 2.24) is 9.59 Å². The first kappa shape index (κ1) is 13.2. The maximum absolute atomic E-state index is 12.1. The lowest BCUT2D eigenvalue weighted by Crippen LogP contribution is -2.13. The van der Waals surface area contributed by atoms with Gasteiger partial charge in [-0.1, -0.05) is 22.4 Å². The van der Waals surface area contributed by atoms with Crippen molar-refractivity contribution in [3.05, 3.63) is 41.1 Å². The summed E-state index contributed by atoms with van der Waals surface area (Å²) in [6.07, 6.45) is 1.51. The smallest absolute Gasteiger partial charge is 0.256 e. The molecule has 0 unspecified atom stereocenters. The molecule has 1 aromatic carbocycles. The molecule has 0 radical (unpaired) electrons. The van der Waals surface area contributed by atoms with Crippen LogP contribution in [0.1, 0.15) is 21.5 Å². The van der Waals surface area contributed by atoms with Crippen LogP contribution in [0.4, 0.5) is 5.00 Å². The van der Waals surface area contributed by atoms with Crippen LogP contribution < -0.4 is 11.1 Å². The molecule has 0 saturated carbocycles. The summed E-state index contributed by atoms with van der Waals surface area (Å²) in [4.78, 5) is 12.1. The van der Waals surface area contributed by atoms with Gasteiger partial charge in [-0.3, -0.25) is 4.79 Å². The van der Waals surface area contributed by atoms with E-state index in [0.29, 0.717) is 17.1 Å². The fourth-order valence-corrected chi connectivity index (χ4v) is 1.98. The van der Waals surface area contributed by atoms with Gasteiger partial charge < -0.3 is 11.1 Å². The largest absolute Gasteiger partial charge is 0.320 e. The summed E-state index contributed by atoms with van der Waals surface area (Å²) in [7, 11) is 0. The summed E-state index contributed by atoms with van der Waals surface area (Å²) in [6, 6.07) is 5.42. The van der Waals surface area contributed by atoms with Gasteiger partial charge in [-0.05, 0) is 24.6 Å². The molecule has 1 aromatic heterocycles. The van der Waals surface area contributed by atoms with E-state index in [-0.39, 0.29) is 5.91 Å². The van der Waals surface area contributed by atoms with Crippen molar-refractivity contribution in [3.8, 4) is 11.8 Å². The van der Waals surface area contributed by atoms with Gasteiger partial charge >= 0.3 is 0 Å². The van der Waals surface area contributed by atoms with Gasteiger partial charge in [0.25, 0.3) is 5.91 Å². The Kier molecular flexibility index (Phi) is 4.23. The van der Waals surface area contributed by atoms with Crippen LogP contribution in [-0.2, 0) is 0 Å². The Labute approximate surface area is 115 Å². The fourth-order valence-electron chi connectivity index (χ4n) is 1.56. The molecule has 0 aliphatic rings. The van der Waals surface area contributed by atoms with Crippen LogP contribution in [0.15, 0.2) is 24.4 Å². The molecule has 2 aromatic rings. The fraction of sp³-hybridized carbons (Fsp3) is 0.154. The second kappa shape index (κ2) is 6.09. The first-order valence-electron chi connectivity index (χ1n) is 5.59. The van der Waals surface area contributed by atoms with E-state index in [1.54, 1.807) is 12.1 Å². The molecule has 0 aliphatic carbocycles. The van der Waals surface area contributed by atoms with Crippen molar-refractivity contribution in [2.24, 2.45) is 5.73 Å². The highest BCUT2D eigenvalue weighted by atomic mass is 32.1. The molecular weight excluding hydrogens is 260 g/mol. The summed E-state index contributed by atoms with van der Waals surface area (Å²) in [6.45, 7) is 2.16. The van der Waals surface area contributed by atoms with Gasteiger partial charge in [-0.15, -0.1) is 5.10 Å². The zero-order chi connectivity index (χ0) is 13.7. The minimum Gasteiger partial charge on any atom is -0.320 e. The predicted molar refractivity (Wildman–Crippen MR) is 75.0 cm³/mol. The molecule has 0 saturated heterocycles. The number of aromatic nitrogens is 2. The highest BCUT2D eigenvalue weighted by molar-refractivity contribution is 7.10. The summed E-state index contributed by atoms with van der Waals surface area (Å²) in [5.41, 5.74) is 7.57. The summed E-state index contributed by atoms with van der Waals surface area (Å²) in [5.74, 6) is 5.54. The third kappa shape index (κ3) is 3.16. The normalized spacial score (nSPS) is 9.58. The van der Waals surface area contributed by atoms with E-state index in [9.17, 15) is 4.79 Å². The number of carbonyl (C=O) groups is 1.